The summed E-state index contributed by atoms with van der Waals surface area (Å²) >= 11 is 0. The van der Waals surface area contributed by atoms with E-state index in [1.807, 2.05) is 0 Å². The SMILES string of the molecule is C=CCCOCCNc1cc(S(=O)(=O)NCC)ccc1N. The molecule has 118 valence electrons. The van der Waals surface area contributed by atoms with Crippen molar-refractivity contribution >= 4 is 21.4 Å². The number of nitrogens with two attached hydrogens (primary N) is 1. The van der Waals surface area contributed by atoms with Crippen LogP contribution in [0.2, 0.25) is 0 Å². The molecule has 0 bridgehead atoms. The van der Waals surface area contributed by atoms with Gasteiger partial charge in [-0.15, -0.1) is 6.58 Å². The third-order valence-electron chi connectivity index (χ3n) is 2.70. The first-order valence-corrected chi connectivity index (χ1v) is 8.31. The Labute approximate surface area is 126 Å². The molecule has 0 aliphatic rings. The van der Waals surface area contributed by atoms with E-state index in [2.05, 4.69) is 16.6 Å². The lowest BCUT2D eigenvalue weighted by atomic mass is 10.2. The molecule has 0 unspecified atom stereocenters. The van der Waals surface area contributed by atoms with Gasteiger partial charge >= 0.3 is 0 Å². The molecular weight excluding hydrogens is 290 g/mol. The summed E-state index contributed by atoms with van der Waals surface area (Å²) in [7, 11) is -3.48. The van der Waals surface area contributed by atoms with Gasteiger partial charge in [-0.2, -0.15) is 0 Å². The Morgan fingerprint density at radius 3 is 2.81 bits per heavy atom. The molecule has 0 aliphatic carbocycles. The molecule has 7 heteroatoms. The van der Waals surface area contributed by atoms with Crippen molar-refractivity contribution in [2.75, 3.05) is 37.4 Å². The van der Waals surface area contributed by atoms with E-state index in [1.54, 1.807) is 19.1 Å². The van der Waals surface area contributed by atoms with Crippen LogP contribution in [0.1, 0.15) is 13.3 Å². The van der Waals surface area contributed by atoms with Crippen molar-refractivity contribution < 1.29 is 13.2 Å². The van der Waals surface area contributed by atoms with Crippen LogP contribution < -0.4 is 15.8 Å². The van der Waals surface area contributed by atoms with Crippen LogP contribution in [0.3, 0.4) is 0 Å². The predicted octanol–water partition coefficient (Wildman–Crippen LogP) is 1.57. The molecular formula is C14H23N3O3S. The third kappa shape index (κ3) is 5.74. The standard InChI is InChI=1S/C14H23N3O3S/c1-3-5-9-20-10-8-16-14-11-12(6-7-13(14)15)21(18,19)17-4-2/h3,6-7,11,16-17H,1,4-5,8-10,15H2,2H3. The van der Waals surface area contributed by atoms with Crippen LogP contribution in [0.5, 0.6) is 0 Å². The average Bonchev–Trinajstić information content (AvgIpc) is 2.44. The number of benzene rings is 1. The van der Waals surface area contributed by atoms with Gasteiger partial charge in [-0.3, -0.25) is 0 Å². The summed E-state index contributed by atoms with van der Waals surface area (Å²) in [5.41, 5.74) is 6.92. The average molecular weight is 313 g/mol. The van der Waals surface area contributed by atoms with Crippen molar-refractivity contribution in [3.8, 4) is 0 Å². The van der Waals surface area contributed by atoms with Gasteiger partial charge in [0.1, 0.15) is 0 Å². The van der Waals surface area contributed by atoms with Gasteiger partial charge in [0.15, 0.2) is 0 Å². The van der Waals surface area contributed by atoms with E-state index in [1.165, 1.54) is 12.1 Å². The highest BCUT2D eigenvalue weighted by molar-refractivity contribution is 7.89. The second-order valence-electron chi connectivity index (χ2n) is 4.37. The smallest absolute Gasteiger partial charge is 0.240 e. The van der Waals surface area contributed by atoms with Crippen molar-refractivity contribution in [1.29, 1.82) is 0 Å². The molecule has 0 radical (unpaired) electrons. The molecule has 6 nitrogen and oxygen atoms in total. The molecule has 0 saturated heterocycles. The summed E-state index contributed by atoms with van der Waals surface area (Å²) in [6.07, 6.45) is 2.60. The van der Waals surface area contributed by atoms with E-state index < -0.39 is 10.0 Å². The Morgan fingerprint density at radius 2 is 2.14 bits per heavy atom. The minimum absolute atomic E-state index is 0.189. The molecule has 1 rings (SSSR count). The van der Waals surface area contributed by atoms with Gasteiger partial charge in [-0.05, 0) is 24.6 Å². The number of anilines is 2. The van der Waals surface area contributed by atoms with Crippen LogP contribution in [0.4, 0.5) is 11.4 Å². The lowest BCUT2D eigenvalue weighted by Crippen LogP contribution is -2.23. The Morgan fingerprint density at radius 1 is 1.38 bits per heavy atom. The summed E-state index contributed by atoms with van der Waals surface area (Å²) in [6.45, 7) is 7.36. The Balaban J connectivity index is 2.64. The maximum atomic E-state index is 11.9. The minimum Gasteiger partial charge on any atom is -0.397 e. The van der Waals surface area contributed by atoms with E-state index in [0.717, 1.165) is 6.42 Å². The fourth-order valence-electron chi connectivity index (χ4n) is 1.66. The molecule has 0 atom stereocenters. The van der Waals surface area contributed by atoms with Gasteiger partial charge in [0, 0.05) is 13.1 Å². The van der Waals surface area contributed by atoms with Crippen LogP contribution >= 0.6 is 0 Å². The summed E-state index contributed by atoms with van der Waals surface area (Å²) < 4.78 is 31.7. The molecule has 0 fully saturated rings. The van der Waals surface area contributed by atoms with Gasteiger partial charge in [-0.25, -0.2) is 13.1 Å². The fourth-order valence-corrected chi connectivity index (χ4v) is 2.72. The van der Waals surface area contributed by atoms with Crippen LogP contribution in [0.25, 0.3) is 0 Å². The summed E-state index contributed by atoms with van der Waals surface area (Å²) in [5, 5.41) is 3.08. The second kappa shape index (κ2) is 8.66. The lowest BCUT2D eigenvalue weighted by molar-refractivity contribution is 0.149. The first-order valence-electron chi connectivity index (χ1n) is 6.83. The molecule has 21 heavy (non-hydrogen) atoms. The molecule has 1 aromatic rings. The van der Waals surface area contributed by atoms with E-state index >= 15 is 0 Å². The zero-order valence-corrected chi connectivity index (χ0v) is 13.1. The Hall–Kier alpha value is -1.57. The van der Waals surface area contributed by atoms with Crippen LogP contribution in [-0.2, 0) is 14.8 Å². The maximum Gasteiger partial charge on any atom is 0.240 e. The number of sulfonamides is 1. The highest BCUT2D eigenvalue weighted by Gasteiger charge is 2.14. The maximum absolute atomic E-state index is 11.9. The largest absolute Gasteiger partial charge is 0.397 e. The molecule has 0 amide bonds. The van der Waals surface area contributed by atoms with Gasteiger partial charge in [0.2, 0.25) is 10.0 Å². The Kier molecular flexibility index (Phi) is 7.21. The quantitative estimate of drug-likeness (QED) is 0.346. The number of hydrogen-bond donors (Lipinski definition) is 3. The highest BCUT2D eigenvalue weighted by atomic mass is 32.2. The van der Waals surface area contributed by atoms with E-state index in [-0.39, 0.29) is 4.90 Å². The van der Waals surface area contributed by atoms with Crippen molar-refractivity contribution in [3.63, 3.8) is 0 Å². The van der Waals surface area contributed by atoms with E-state index in [0.29, 0.717) is 37.7 Å². The van der Waals surface area contributed by atoms with Crippen molar-refractivity contribution in [1.82, 2.24) is 4.72 Å². The molecule has 0 saturated carbocycles. The molecule has 4 N–H and O–H groups in total. The molecule has 0 heterocycles. The van der Waals surface area contributed by atoms with Crippen molar-refractivity contribution in [2.24, 2.45) is 0 Å². The summed E-state index contributed by atoms with van der Waals surface area (Å²) in [5.74, 6) is 0. The number of nitrogens with one attached hydrogen (secondary N) is 2. The van der Waals surface area contributed by atoms with Gasteiger partial charge in [0.05, 0.1) is 29.5 Å². The zero-order valence-electron chi connectivity index (χ0n) is 12.3. The fraction of sp³-hybridized carbons (Fsp3) is 0.429. The third-order valence-corrected chi connectivity index (χ3v) is 4.24. The van der Waals surface area contributed by atoms with E-state index in [9.17, 15) is 8.42 Å². The number of ether oxygens (including phenoxy) is 1. The van der Waals surface area contributed by atoms with Crippen LogP contribution in [0, 0.1) is 0 Å². The monoisotopic (exact) mass is 313 g/mol. The van der Waals surface area contributed by atoms with Gasteiger partial charge < -0.3 is 15.8 Å². The number of nitrogen functional groups attached to an aromatic ring is 1. The number of hydrogen-bond acceptors (Lipinski definition) is 5. The van der Waals surface area contributed by atoms with Crippen LogP contribution in [-0.4, -0.2) is 34.7 Å². The highest BCUT2D eigenvalue weighted by Crippen LogP contribution is 2.22. The van der Waals surface area contributed by atoms with Crippen molar-refractivity contribution in [3.05, 3.63) is 30.9 Å². The summed E-state index contributed by atoms with van der Waals surface area (Å²) in [4.78, 5) is 0.189. The molecule has 0 spiro atoms. The minimum atomic E-state index is -3.48. The van der Waals surface area contributed by atoms with Gasteiger partial charge in [0.25, 0.3) is 0 Å². The number of rotatable bonds is 10. The predicted molar refractivity (Wildman–Crippen MR) is 85.8 cm³/mol. The lowest BCUT2D eigenvalue weighted by Gasteiger charge is -2.12. The van der Waals surface area contributed by atoms with Gasteiger partial charge in [-0.1, -0.05) is 13.0 Å². The zero-order chi connectivity index (χ0) is 15.7. The summed E-state index contributed by atoms with van der Waals surface area (Å²) in [6, 6.07) is 4.58. The molecule has 0 aliphatic heterocycles. The Bertz CT molecular complexity index is 559. The van der Waals surface area contributed by atoms with Crippen molar-refractivity contribution in [2.45, 2.75) is 18.2 Å². The first kappa shape index (κ1) is 17.5. The molecule has 0 aromatic heterocycles. The first-order chi connectivity index (χ1) is 10.0. The molecule has 1 aromatic carbocycles. The second-order valence-corrected chi connectivity index (χ2v) is 6.13. The topological polar surface area (TPSA) is 93.4 Å². The normalized spacial score (nSPS) is 11.3. The van der Waals surface area contributed by atoms with Crippen LogP contribution in [0.15, 0.2) is 35.7 Å². The van der Waals surface area contributed by atoms with E-state index in [4.69, 9.17) is 10.5 Å².